The Hall–Kier alpha value is -3.65. The van der Waals surface area contributed by atoms with Crippen molar-refractivity contribution in [1.82, 2.24) is 0 Å². The number of aryl methyl sites for hydroxylation is 1. The molecular weight excluding hydrogens is 477 g/mol. The Bertz CT molecular complexity index is 1410. The van der Waals surface area contributed by atoms with Crippen LogP contribution in [0, 0.1) is 6.92 Å². The highest BCUT2D eigenvalue weighted by Gasteiger charge is 2.28. The van der Waals surface area contributed by atoms with E-state index < -0.39 is 7.05 Å². The van der Waals surface area contributed by atoms with Gasteiger partial charge in [-0.25, -0.2) is 0 Å². The molecule has 5 aromatic carbocycles. The van der Waals surface area contributed by atoms with Gasteiger partial charge in [-0.05, 0) is 43.0 Å². The van der Waals surface area contributed by atoms with Gasteiger partial charge in [-0.2, -0.15) is 0 Å². The first kappa shape index (κ1) is 24.1. The standard InChI is InChI=1S/C32H26NOPS/c1-25-21-23-29(24-22-25)36-32(34)30-19-11-12-20-31(30)33-35(26-13-5-2-6-14-26,27-15-7-3-8-16-27)28-17-9-4-10-18-28/h2-24H,1H3. The molecule has 0 saturated heterocycles. The van der Waals surface area contributed by atoms with E-state index in [4.69, 9.17) is 4.74 Å². The lowest BCUT2D eigenvalue weighted by atomic mass is 10.2. The van der Waals surface area contributed by atoms with Gasteiger partial charge < -0.3 is 0 Å². The molecule has 5 rings (SSSR count). The van der Waals surface area contributed by atoms with E-state index in [1.54, 1.807) is 0 Å². The molecule has 0 atom stereocenters. The van der Waals surface area contributed by atoms with Crippen molar-refractivity contribution in [3.63, 3.8) is 0 Å². The summed E-state index contributed by atoms with van der Waals surface area (Å²) < 4.78 is 5.55. The molecule has 0 aliphatic heterocycles. The van der Waals surface area contributed by atoms with E-state index in [0.29, 0.717) is 11.3 Å². The van der Waals surface area contributed by atoms with Crippen LogP contribution in [0.4, 0.5) is 5.69 Å². The van der Waals surface area contributed by atoms with Crippen LogP contribution >= 0.6 is 18.8 Å². The molecule has 0 heterocycles. The number of hydrogen-bond donors (Lipinski definition) is 0. The van der Waals surface area contributed by atoms with Crippen LogP contribution in [0.15, 0.2) is 149 Å². The molecule has 176 valence electrons. The SMILES string of the molecule is Cc1ccc(SC(=O)c2ccccc2N=P(c2ccccc2)(c2ccccc2)c2ccccc2)cc1. The molecular formula is C32H26NOPS. The van der Waals surface area contributed by atoms with Gasteiger partial charge in [0.1, 0.15) is 0 Å². The lowest BCUT2D eigenvalue weighted by Gasteiger charge is -2.27. The van der Waals surface area contributed by atoms with E-state index in [2.05, 4.69) is 72.8 Å². The van der Waals surface area contributed by atoms with Crippen molar-refractivity contribution >= 4 is 45.5 Å². The molecule has 0 aliphatic rings. The van der Waals surface area contributed by atoms with Gasteiger partial charge in [0.2, 0.25) is 5.12 Å². The maximum atomic E-state index is 13.5. The Labute approximate surface area is 217 Å². The van der Waals surface area contributed by atoms with Crippen LogP contribution in [0.2, 0.25) is 0 Å². The molecule has 0 aromatic heterocycles. The first-order valence-electron chi connectivity index (χ1n) is 11.8. The molecule has 4 heteroatoms. The zero-order valence-corrected chi connectivity index (χ0v) is 21.7. The van der Waals surface area contributed by atoms with Crippen LogP contribution in [0.1, 0.15) is 15.9 Å². The van der Waals surface area contributed by atoms with Crippen molar-refractivity contribution in [2.45, 2.75) is 11.8 Å². The molecule has 36 heavy (non-hydrogen) atoms. The Kier molecular flexibility index (Phi) is 7.32. The van der Waals surface area contributed by atoms with Gasteiger partial charge in [0.15, 0.2) is 0 Å². The minimum atomic E-state index is -2.47. The van der Waals surface area contributed by atoms with Crippen molar-refractivity contribution in [2.75, 3.05) is 0 Å². The second kappa shape index (κ2) is 11.0. The number of nitrogens with zero attached hydrogens (tertiary/aromatic N) is 1. The third-order valence-corrected chi connectivity index (χ3v) is 10.6. The lowest BCUT2D eigenvalue weighted by molar-refractivity contribution is 0.108. The molecule has 0 saturated carbocycles. The number of hydrogen-bond acceptors (Lipinski definition) is 3. The van der Waals surface area contributed by atoms with E-state index >= 15 is 0 Å². The highest BCUT2D eigenvalue weighted by molar-refractivity contribution is 8.14. The monoisotopic (exact) mass is 503 g/mol. The van der Waals surface area contributed by atoms with Crippen molar-refractivity contribution in [2.24, 2.45) is 4.74 Å². The molecule has 0 aliphatic carbocycles. The molecule has 0 spiro atoms. The smallest absolute Gasteiger partial charge is 0.226 e. The quantitative estimate of drug-likeness (QED) is 0.175. The zero-order valence-electron chi connectivity index (χ0n) is 20.0. The Balaban J connectivity index is 1.75. The summed E-state index contributed by atoms with van der Waals surface area (Å²) in [7, 11) is -2.47. The average Bonchev–Trinajstić information content (AvgIpc) is 2.94. The fraction of sp³-hybridized carbons (Fsp3) is 0.0312. The minimum Gasteiger partial charge on any atom is -0.281 e. The summed E-state index contributed by atoms with van der Waals surface area (Å²) in [6.45, 7) is 2.05. The second-order valence-electron chi connectivity index (χ2n) is 8.46. The van der Waals surface area contributed by atoms with Crippen molar-refractivity contribution in [3.05, 3.63) is 151 Å². The van der Waals surface area contributed by atoms with Crippen LogP contribution in [0.3, 0.4) is 0 Å². The predicted molar refractivity (Wildman–Crippen MR) is 155 cm³/mol. The van der Waals surface area contributed by atoms with Gasteiger partial charge >= 0.3 is 0 Å². The summed E-state index contributed by atoms with van der Waals surface area (Å²) in [4.78, 5) is 14.5. The maximum Gasteiger partial charge on any atom is 0.226 e. The Morgan fingerprint density at radius 1 is 0.583 bits per heavy atom. The maximum absolute atomic E-state index is 13.5. The van der Waals surface area contributed by atoms with E-state index in [1.807, 2.05) is 73.7 Å². The van der Waals surface area contributed by atoms with E-state index in [9.17, 15) is 4.79 Å². The summed E-state index contributed by atoms with van der Waals surface area (Å²) in [5.74, 6) is 0. The predicted octanol–water partition coefficient (Wildman–Crippen LogP) is 7.74. The van der Waals surface area contributed by atoms with Crippen LogP contribution in [-0.4, -0.2) is 5.12 Å². The molecule has 2 nitrogen and oxygen atoms in total. The average molecular weight is 504 g/mol. The third kappa shape index (κ3) is 4.99. The molecule has 0 N–H and O–H groups in total. The number of carbonyl (C=O) groups excluding carboxylic acids is 1. The summed E-state index contributed by atoms with van der Waals surface area (Å²) in [6, 6.07) is 47.2. The highest BCUT2D eigenvalue weighted by Crippen LogP contribution is 2.50. The number of benzene rings is 5. The van der Waals surface area contributed by atoms with Gasteiger partial charge in [-0.1, -0.05) is 121 Å². The van der Waals surface area contributed by atoms with Crippen LogP contribution < -0.4 is 15.9 Å². The van der Waals surface area contributed by atoms with Gasteiger partial charge in [0.25, 0.3) is 0 Å². The Morgan fingerprint density at radius 2 is 1.03 bits per heavy atom. The van der Waals surface area contributed by atoms with Crippen molar-refractivity contribution < 1.29 is 4.79 Å². The minimum absolute atomic E-state index is 0.00881. The van der Waals surface area contributed by atoms with Crippen LogP contribution in [0.5, 0.6) is 0 Å². The Morgan fingerprint density at radius 3 is 1.53 bits per heavy atom. The molecule has 0 fully saturated rings. The van der Waals surface area contributed by atoms with Gasteiger partial charge in [-0.3, -0.25) is 9.54 Å². The normalized spacial score (nSPS) is 11.1. The zero-order chi connectivity index (χ0) is 24.8. The summed E-state index contributed by atoms with van der Waals surface area (Å²) >= 11 is 1.25. The molecule has 0 radical (unpaired) electrons. The molecule has 0 amide bonds. The van der Waals surface area contributed by atoms with Gasteiger partial charge in [-0.15, -0.1) is 0 Å². The number of carbonyl (C=O) groups is 1. The van der Waals surface area contributed by atoms with E-state index in [-0.39, 0.29) is 5.12 Å². The fourth-order valence-electron chi connectivity index (χ4n) is 4.21. The van der Waals surface area contributed by atoms with Crippen LogP contribution in [0.25, 0.3) is 0 Å². The first-order chi connectivity index (χ1) is 17.7. The first-order valence-corrected chi connectivity index (χ1v) is 14.4. The number of rotatable bonds is 6. The largest absolute Gasteiger partial charge is 0.281 e. The second-order valence-corrected chi connectivity index (χ2v) is 12.5. The van der Waals surface area contributed by atoms with E-state index in [0.717, 1.165) is 20.8 Å². The third-order valence-electron chi connectivity index (χ3n) is 6.00. The van der Waals surface area contributed by atoms with Crippen molar-refractivity contribution in [1.29, 1.82) is 0 Å². The summed E-state index contributed by atoms with van der Waals surface area (Å²) in [6.07, 6.45) is 0. The molecule has 0 unspecified atom stereocenters. The summed E-state index contributed by atoms with van der Waals surface area (Å²) in [5.41, 5.74) is 2.51. The topological polar surface area (TPSA) is 29.4 Å². The lowest BCUT2D eigenvalue weighted by Crippen LogP contribution is -2.25. The molecule has 5 aromatic rings. The highest BCUT2D eigenvalue weighted by atomic mass is 32.2. The van der Waals surface area contributed by atoms with Crippen LogP contribution in [-0.2, 0) is 0 Å². The van der Waals surface area contributed by atoms with Crippen molar-refractivity contribution in [3.8, 4) is 0 Å². The molecule has 0 bridgehead atoms. The summed E-state index contributed by atoms with van der Waals surface area (Å²) in [5, 5.41) is 3.44. The number of thioether (sulfide) groups is 1. The fourth-order valence-corrected chi connectivity index (χ4v) is 8.53. The van der Waals surface area contributed by atoms with Gasteiger partial charge in [0.05, 0.1) is 18.3 Å². The van der Waals surface area contributed by atoms with E-state index in [1.165, 1.54) is 17.3 Å². The van der Waals surface area contributed by atoms with Gasteiger partial charge in [0, 0.05) is 20.8 Å².